The predicted molar refractivity (Wildman–Crippen MR) is 351 cm³/mol. The lowest BCUT2D eigenvalue weighted by molar-refractivity contribution is 0.589. The highest BCUT2D eigenvalue weighted by molar-refractivity contribution is 7.00. The lowest BCUT2D eigenvalue weighted by atomic mass is 9.33. The van der Waals surface area contributed by atoms with Crippen LogP contribution in [0.5, 0.6) is 0 Å². The number of rotatable bonds is 7. The molecule has 4 aliphatic rings. The van der Waals surface area contributed by atoms with Gasteiger partial charge in [-0.25, -0.2) is 0 Å². The molecule has 3 nitrogen and oxygen atoms in total. The lowest BCUT2D eigenvalue weighted by Gasteiger charge is -2.46. The van der Waals surface area contributed by atoms with Crippen LogP contribution in [0.25, 0.3) is 11.1 Å². The summed E-state index contributed by atoms with van der Waals surface area (Å²) in [5, 5.41) is 0. The van der Waals surface area contributed by atoms with Crippen LogP contribution >= 0.6 is 0 Å². The Morgan fingerprint density at radius 3 is 1.79 bits per heavy atom. The van der Waals surface area contributed by atoms with Crippen LogP contribution in [-0.2, 0) is 21.7 Å². The molecule has 12 heteroatoms. The first-order valence-corrected chi connectivity index (χ1v) is 27.5. The van der Waals surface area contributed by atoms with Crippen LogP contribution in [0.1, 0.15) is 104 Å². The number of benzene rings is 6. The van der Waals surface area contributed by atoms with Crippen molar-refractivity contribution in [2.45, 2.75) is 104 Å². The molecule has 2 aliphatic heterocycles. The summed E-state index contributed by atoms with van der Waals surface area (Å²) in [6, 6.07) is 45.7. The molecule has 0 spiro atoms. The van der Waals surface area contributed by atoms with E-state index in [0.717, 1.165) is 12.0 Å². The Hall–Kier alpha value is -6.18. The van der Waals surface area contributed by atoms with Crippen molar-refractivity contribution in [2.75, 3.05) is 21.2 Å². The minimum Gasteiger partial charge on any atom is -0.340 e. The maximum Gasteiger partial charge on any atom is 0.252 e. The maximum atomic E-state index is 6.02. The van der Waals surface area contributed by atoms with Gasteiger partial charge in [-0.2, -0.15) is 0 Å². The number of hydrogen-bond acceptors (Lipinski definition) is 3. The first-order chi connectivity index (χ1) is 35.1. The fourth-order valence-corrected chi connectivity index (χ4v) is 12.7. The molecule has 6 aromatic rings. The van der Waals surface area contributed by atoms with Gasteiger partial charge in [0.25, 0.3) is 6.71 Å². The summed E-state index contributed by atoms with van der Waals surface area (Å²) >= 11 is 0. The molecule has 6 aromatic carbocycles. The zero-order valence-electron chi connectivity index (χ0n) is 48.8. The Balaban J connectivity index is 1.31. The van der Waals surface area contributed by atoms with Crippen LogP contribution in [0, 0.1) is 12.3 Å². The van der Waals surface area contributed by atoms with E-state index in [0.29, 0.717) is 5.82 Å². The number of fused-ring (bicyclic) bond motifs is 7. The van der Waals surface area contributed by atoms with Crippen molar-refractivity contribution in [2.24, 2.45) is 0 Å². The molecule has 0 saturated carbocycles. The molecule has 10 rings (SSSR count). The highest BCUT2D eigenvalue weighted by Gasteiger charge is 2.46. The van der Waals surface area contributed by atoms with Gasteiger partial charge in [0.05, 0.1) is 0 Å². The molecule has 0 radical (unpaired) electrons. The molecule has 0 fully saturated rings. The number of hydrogen-bond donors (Lipinski definition) is 0. The van der Waals surface area contributed by atoms with E-state index in [4.69, 9.17) is 6.42 Å². The van der Waals surface area contributed by atoms with Gasteiger partial charge in [-0.3, -0.25) is 0 Å². The summed E-state index contributed by atoms with van der Waals surface area (Å²) < 4.78 is 0. The average Bonchev–Trinajstić information content (AvgIpc) is 3.74. The van der Waals surface area contributed by atoms with Crippen molar-refractivity contribution < 1.29 is 0 Å². The van der Waals surface area contributed by atoms with Crippen LogP contribution in [0.15, 0.2) is 159 Å². The first kappa shape index (κ1) is 52.3. The number of nitrogens with zero attached hydrogens (tertiary/aromatic N) is 3. The number of allylic oxidation sites excluding steroid dienone is 6. The average molecular weight is 969 g/mol. The molecule has 366 valence electrons. The van der Waals surface area contributed by atoms with Gasteiger partial charge in [-0.05, 0) is 137 Å². The third-order valence-electron chi connectivity index (χ3n) is 18.2. The fraction of sp³-hybridized carbons (Fsp3) is 0.270. The Morgan fingerprint density at radius 1 is 0.600 bits per heavy atom. The minimum absolute atomic E-state index is 0.0324. The molecule has 1 unspecified atom stereocenters. The molecule has 0 amide bonds. The van der Waals surface area contributed by atoms with Gasteiger partial charge in [-0.1, -0.05) is 165 Å². The van der Waals surface area contributed by atoms with Gasteiger partial charge in [0.1, 0.15) is 62.8 Å². The molecule has 2 heterocycles. The zero-order chi connectivity index (χ0) is 54.2. The second kappa shape index (κ2) is 18.2. The van der Waals surface area contributed by atoms with Crippen LogP contribution < -0.4 is 31.1 Å². The van der Waals surface area contributed by atoms with Gasteiger partial charge in [0, 0.05) is 57.5 Å². The third kappa shape index (κ3) is 8.51. The second-order valence-electron chi connectivity index (χ2n) is 26.2. The smallest absolute Gasteiger partial charge is 0.252 e. The Labute approximate surface area is 458 Å². The van der Waals surface area contributed by atoms with E-state index >= 15 is 0 Å². The van der Waals surface area contributed by atoms with Gasteiger partial charge < -0.3 is 14.7 Å². The van der Waals surface area contributed by atoms with Gasteiger partial charge >= 0.3 is 0 Å². The monoisotopic (exact) mass is 970 g/mol. The fourth-order valence-electron chi connectivity index (χ4n) is 12.7. The molecule has 0 saturated heterocycles. The van der Waals surface area contributed by atoms with E-state index in [1.165, 1.54) is 134 Å². The minimum atomic E-state index is -0.177. The van der Waals surface area contributed by atoms with Gasteiger partial charge in [0.15, 0.2) is 0 Å². The van der Waals surface area contributed by atoms with E-state index in [9.17, 15) is 0 Å². The predicted octanol–water partition coefficient (Wildman–Crippen LogP) is 6.12. The standard InChI is InChI=1S/C63H72B9N3/c1-13-44(64)52(66)53(67)45(65)33-73(59-56(70)54(68)55(69)57(59)71)38-24-26-46-49(32-38)75(39-23-25-41-40-16-14-15-17-42(40)63(11,12)43(41)31-39)51-30-36(62(8,9)10)29-50-58(51)72(46)47-28-35(61(5,6)7)20-27-48(47)74(50)37-21-18-34(19-22-37)60(2,3)4/h1,14-32,54H,33,64-71H2,2-12H3/b52-44-,53-45-. The summed E-state index contributed by atoms with van der Waals surface area (Å²) in [4.78, 5) is 7.87. The number of terminal acetylenes is 1. The molecular formula is C63H72B9N3. The van der Waals surface area contributed by atoms with Crippen molar-refractivity contribution in [3.05, 3.63) is 187 Å². The summed E-state index contributed by atoms with van der Waals surface area (Å²) in [7, 11) is 18.2. The maximum absolute atomic E-state index is 6.02. The first-order valence-electron chi connectivity index (χ1n) is 27.5. The Morgan fingerprint density at radius 2 is 1.19 bits per heavy atom. The third-order valence-corrected chi connectivity index (χ3v) is 18.2. The summed E-state index contributed by atoms with van der Waals surface area (Å²) in [5.41, 5.74) is 31.8. The van der Waals surface area contributed by atoms with E-state index in [1.54, 1.807) is 0 Å². The lowest BCUT2D eigenvalue weighted by Crippen LogP contribution is -2.61. The normalized spacial score (nSPS) is 17.1. The molecule has 0 N–H and O–H groups in total. The number of anilines is 7. The Kier molecular flexibility index (Phi) is 12.7. The Bertz CT molecular complexity index is 3570. The van der Waals surface area contributed by atoms with E-state index < -0.39 is 0 Å². The molecule has 0 bridgehead atoms. The van der Waals surface area contributed by atoms with E-state index in [2.05, 4.69) is 275 Å². The van der Waals surface area contributed by atoms with Gasteiger partial charge in [-0.15, -0.1) is 17.4 Å². The molecule has 0 aromatic heterocycles. The summed E-state index contributed by atoms with van der Waals surface area (Å²) in [6.07, 6.45) is 6.02. The SMILES string of the molecule is BC1=C(B)C(B)C(B)=C1N(C/C(B)=C(B)\C(B)=C(\B)C#C)c1ccc2c(c1)N(c1ccc3c(c1)C(C)(C)c1ccccc1-3)c1cc(C(C)(C)C)cc3c1B2c1cc(C(C)(C)C)ccc1N3c1ccc(C(C)(C)C)cc1. The molecule has 75 heavy (non-hydrogen) atoms. The highest BCUT2D eigenvalue weighted by atomic mass is 15.2. The van der Waals surface area contributed by atoms with Crippen molar-refractivity contribution in [3.63, 3.8) is 0 Å². The van der Waals surface area contributed by atoms with Gasteiger partial charge in [0.2, 0.25) is 0 Å². The van der Waals surface area contributed by atoms with Crippen LogP contribution in [-0.4, -0.2) is 76.0 Å². The van der Waals surface area contributed by atoms with Crippen molar-refractivity contribution in [1.29, 1.82) is 0 Å². The van der Waals surface area contributed by atoms with E-state index in [-0.39, 0.29) is 28.4 Å². The quantitative estimate of drug-likeness (QED) is 0.109. The van der Waals surface area contributed by atoms with E-state index in [1.807, 2.05) is 0 Å². The van der Waals surface area contributed by atoms with Crippen molar-refractivity contribution >= 4 is 126 Å². The van der Waals surface area contributed by atoms with Crippen molar-refractivity contribution in [1.82, 2.24) is 0 Å². The molecule has 2 aliphatic carbocycles. The van der Waals surface area contributed by atoms with Crippen LogP contribution in [0.2, 0.25) is 5.82 Å². The molecular weight excluding hydrogens is 896 g/mol. The second-order valence-corrected chi connectivity index (χ2v) is 26.2. The molecule has 1 atom stereocenters. The largest absolute Gasteiger partial charge is 0.340 e. The van der Waals surface area contributed by atoms with Crippen LogP contribution in [0.4, 0.5) is 39.8 Å². The topological polar surface area (TPSA) is 9.72 Å². The summed E-state index contributed by atoms with van der Waals surface area (Å²) in [5.74, 6) is 3.29. The van der Waals surface area contributed by atoms with Crippen molar-refractivity contribution in [3.8, 4) is 23.5 Å². The summed E-state index contributed by atoms with van der Waals surface area (Å²) in [6.45, 7) is 26.6. The zero-order valence-corrected chi connectivity index (χ0v) is 48.8. The highest BCUT2D eigenvalue weighted by Crippen LogP contribution is 2.53. The van der Waals surface area contributed by atoms with Crippen LogP contribution in [0.3, 0.4) is 0 Å².